The summed E-state index contributed by atoms with van der Waals surface area (Å²) in [6.07, 6.45) is 1.87. The molecule has 82 valence electrons. The SMILES string of the molecule is CCSN(C)C=Nc1ccc(C)cc1C. The molecule has 0 aromatic heterocycles. The Hall–Kier alpha value is -0.960. The lowest BCUT2D eigenvalue weighted by atomic mass is 10.1. The van der Waals surface area contributed by atoms with Crippen LogP contribution in [0.4, 0.5) is 5.69 Å². The highest BCUT2D eigenvalue weighted by molar-refractivity contribution is 7.97. The second kappa shape index (κ2) is 5.81. The fourth-order valence-electron chi connectivity index (χ4n) is 1.33. The largest absolute Gasteiger partial charge is 0.310 e. The molecule has 0 bridgehead atoms. The fourth-order valence-corrected chi connectivity index (χ4v) is 1.85. The van der Waals surface area contributed by atoms with Crippen LogP contribution in [-0.4, -0.2) is 23.4 Å². The van der Waals surface area contributed by atoms with E-state index < -0.39 is 0 Å². The minimum atomic E-state index is 1.05. The van der Waals surface area contributed by atoms with Crippen molar-refractivity contribution in [2.45, 2.75) is 20.8 Å². The maximum absolute atomic E-state index is 4.45. The lowest BCUT2D eigenvalue weighted by Crippen LogP contribution is -2.05. The van der Waals surface area contributed by atoms with Gasteiger partial charge in [0.15, 0.2) is 0 Å². The van der Waals surface area contributed by atoms with Crippen molar-refractivity contribution >= 4 is 24.0 Å². The van der Waals surface area contributed by atoms with Gasteiger partial charge in [0.25, 0.3) is 0 Å². The maximum Gasteiger partial charge on any atom is 0.101 e. The van der Waals surface area contributed by atoms with Crippen molar-refractivity contribution in [3.8, 4) is 0 Å². The van der Waals surface area contributed by atoms with E-state index in [1.807, 2.05) is 17.7 Å². The smallest absolute Gasteiger partial charge is 0.101 e. The van der Waals surface area contributed by atoms with Crippen molar-refractivity contribution in [2.75, 3.05) is 12.8 Å². The van der Waals surface area contributed by atoms with E-state index >= 15 is 0 Å². The number of hydrogen-bond donors (Lipinski definition) is 0. The van der Waals surface area contributed by atoms with E-state index in [0.717, 1.165) is 11.4 Å². The highest BCUT2D eigenvalue weighted by Gasteiger charge is 1.96. The zero-order valence-corrected chi connectivity index (χ0v) is 10.6. The molecule has 1 aromatic carbocycles. The topological polar surface area (TPSA) is 15.6 Å². The van der Waals surface area contributed by atoms with E-state index in [1.165, 1.54) is 11.1 Å². The third kappa shape index (κ3) is 3.96. The summed E-state index contributed by atoms with van der Waals surface area (Å²) in [4.78, 5) is 4.45. The molecule has 0 aliphatic heterocycles. The highest BCUT2D eigenvalue weighted by atomic mass is 32.2. The minimum absolute atomic E-state index is 1.05. The van der Waals surface area contributed by atoms with Gasteiger partial charge >= 0.3 is 0 Å². The highest BCUT2D eigenvalue weighted by Crippen LogP contribution is 2.19. The molecule has 0 spiro atoms. The molecule has 0 unspecified atom stereocenters. The molecule has 0 N–H and O–H groups in total. The first-order valence-electron chi connectivity index (χ1n) is 5.10. The van der Waals surface area contributed by atoms with Gasteiger partial charge in [-0.15, -0.1) is 0 Å². The van der Waals surface area contributed by atoms with E-state index in [0.29, 0.717) is 0 Å². The number of hydrogen-bond acceptors (Lipinski definition) is 2. The van der Waals surface area contributed by atoms with Gasteiger partial charge in [-0.3, -0.25) is 0 Å². The Bertz CT molecular complexity index is 347. The van der Waals surface area contributed by atoms with Crippen molar-refractivity contribution in [3.05, 3.63) is 29.3 Å². The third-order valence-corrected chi connectivity index (χ3v) is 2.80. The molecule has 15 heavy (non-hydrogen) atoms. The molecule has 0 aliphatic rings. The van der Waals surface area contributed by atoms with Crippen molar-refractivity contribution in [1.29, 1.82) is 0 Å². The van der Waals surface area contributed by atoms with E-state index in [2.05, 4.69) is 44.0 Å². The first-order valence-corrected chi connectivity index (χ1v) is 6.05. The van der Waals surface area contributed by atoms with E-state index in [9.17, 15) is 0 Å². The van der Waals surface area contributed by atoms with Crippen LogP contribution in [0.3, 0.4) is 0 Å². The van der Waals surface area contributed by atoms with Crippen molar-refractivity contribution in [2.24, 2.45) is 4.99 Å². The Morgan fingerprint density at radius 2 is 2.13 bits per heavy atom. The molecular formula is C12H18N2S. The minimum Gasteiger partial charge on any atom is -0.310 e. The van der Waals surface area contributed by atoms with Gasteiger partial charge in [-0.05, 0) is 37.4 Å². The van der Waals surface area contributed by atoms with E-state index in [-0.39, 0.29) is 0 Å². The van der Waals surface area contributed by atoms with E-state index in [4.69, 9.17) is 0 Å². The first-order chi connectivity index (χ1) is 7.13. The van der Waals surface area contributed by atoms with Gasteiger partial charge < -0.3 is 4.31 Å². The molecule has 0 saturated heterocycles. The normalized spacial score (nSPS) is 10.9. The molecular weight excluding hydrogens is 204 g/mol. The average Bonchev–Trinajstić information content (AvgIpc) is 2.17. The predicted octanol–water partition coefficient (Wildman–Crippen LogP) is 3.56. The summed E-state index contributed by atoms with van der Waals surface area (Å²) in [5.74, 6) is 1.06. The summed E-state index contributed by atoms with van der Waals surface area (Å²) in [6.45, 7) is 6.32. The summed E-state index contributed by atoms with van der Waals surface area (Å²) < 4.78 is 2.03. The maximum atomic E-state index is 4.45. The molecule has 0 saturated carbocycles. The molecule has 0 atom stereocenters. The predicted molar refractivity (Wildman–Crippen MR) is 70.0 cm³/mol. The summed E-state index contributed by atoms with van der Waals surface area (Å²) in [5.41, 5.74) is 3.55. The Morgan fingerprint density at radius 3 is 2.73 bits per heavy atom. The van der Waals surface area contributed by atoms with Gasteiger partial charge in [0.1, 0.15) is 6.34 Å². The van der Waals surface area contributed by atoms with Gasteiger partial charge in [0.05, 0.1) is 5.69 Å². The summed E-state index contributed by atoms with van der Waals surface area (Å²) >= 11 is 1.74. The fraction of sp³-hybridized carbons (Fsp3) is 0.417. The first kappa shape index (κ1) is 12.1. The average molecular weight is 222 g/mol. The number of aliphatic imine (C=N–C) groups is 1. The molecule has 0 amide bonds. The third-order valence-electron chi connectivity index (χ3n) is 2.04. The van der Waals surface area contributed by atoms with Crippen LogP contribution in [0.15, 0.2) is 23.2 Å². The Balaban J connectivity index is 2.72. The number of aryl methyl sites for hydroxylation is 2. The van der Waals surface area contributed by atoms with Crippen LogP contribution in [0.1, 0.15) is 18.1 Å². The van der Waals surface area contributed by atoms with Crippen LogP contribution in [0.25, 0.3) is 0 Å². The summed E-state index contributed by atoms with van der Waals surface area (Å²) in [7, 11) is 2.02. The van der Waals surface area contributed by atoms with Gasteiger partial charge in [-0.1, -0.05) is 24.6 Å². The molecule has 1 aromatic rings. The Kier molecular flexibility index (Phi) is 4.69. The van der Waals surface area contributed by atoms with Crippen molar-refractivity contribution in [3.63, 3.8) is 0 Å². The summed E-state index contributed by atoms with van der Waals surface area (Å²) in [6, 6.07) is 6.30. The van der Waals surface area contributed by atoms with Crippen LogP contribution in [0, 0.1) is 13.8 Å². The molecule has 2 nitrogen and oxygen atoms in total. The van der Waals surface area contributed by atoms with Crippen LogP contribution >= 0.6 is 11.9 Å². The summed E-state index contributed by atoms with van der Waals surface area (Å²) in [5, 5.41) is 0. The lowest BCUT2D eigenvalue weighted by Gasteiger charge is -2.09. The van der Waals surface area contributed by atoms with Crippen LogP contribution in [0.2, 0.25) is 0 Å². The molecule has 0 radical (unpaired) electrons. The standard InChI is InChI=1S/C12H18N2S/c1-5-15-14(4)9-13-12-7-6-10(2)8-11(12)3/h6-9H,5H2,1-4H3. The monoisotopic (exact) mass is 222 g/mol. The van der Waals surface area contributed by atoms with Gasteiger partial charge in [-0.25, -0.2) is 4.99 Å². The van der Waals surface area contributed by atoms with Gasteiger partial charge in [-0.2, -0.15) is 0 Å². The molecule has 0 fully saturated rings. The Labute approximate surface area is 96.5 Å². The molecule has 1 rings (SSSR count). The van der Waals surface area contributed by atoms with E-state index in [1.54, 1.807) is 11.9 Å². The van der Waals surface area contributed by atoms with Crippen molar-refractivity contribution < 1.29 is 0 Å². The molecule has 3 heteroatoms. The molecule has 0 heterocycles. The Morgan fingerprint density at radius 1 is 1.40 bits per heavy atom. The zero-order valence-electron chi connectivity index (χ0n) is 9.82. The quantitative estimate of drug-likeness (QED) is 0.440. The number of rotatable bonds is 4. The van der Waals surface area contributed by atoms with Crippen LogP contribution in [-0.2, 0) is 0 Å². The van der Waals surface area contributed by atoms with Crippen molar-refractivity contribution in [1.82, 2.24) is 4.31 Å². The second-order valence-corrected chi connectivity index (χ2v) is 4.91. The van der Waals surface area contributed by atoms with Crippen LogP contribution in [0.5, 0.6) is 0 Å². The number of nitrogens with zero attached hydrogens (tertiary/aromatic N) is 2. The molecule has 0 aliphatic carbocycles. The zero-order chi connectivity index (χ0) is 11.3. The number of benzene rings is 1. The van der Waals surface area contributed by atoms with Gasteiger partial charge in [0, 0.05) is 12.8 Å². The van der Waals surface area contributed by atoms with Gasteiger partial charge in [0.2, 0.25) is 0 Å². The lowest BCUT2D eigenvalue weighted by molar-refractivity contribution is 0.870. The van der Waals surface area contributed by atoms with Crippen LogP contribution < -0.4 is 0 Å². The second-order valence-electron chi connectivity index (χ2n) is 3.50.